The molecule has 140 valence electrons. The molecule has 1 atom stereocenters. The maximum Gasteiger partial charge on any atom is 0.258 e. The fourth-order valence-corrected chi connectivity index (χ4v) is 2.81. The van der Waals surface area contributed by atoms with Crippen molar-refractivity contribution in [3.8, 4) is 11.5 Å². The second kappa shape index (κ2) is 10.3. The highest BCUT2D eigenvalue weighted by Gasteiger charge is 2.21. The second-order valence-corrected chi connectivity index (χ2v) is 6.64. The second-order valence-electron chi connectivity index (χ2n) is 6.64. The van der Waals surface area contributed by atoms with Crippen LogP contribution in [0.15, 0.2) is 24.3 Å². The molecule has 2 rings (SSSR count). The van der Waals surface area contributed by atoms with E-state index in [1.807, 2.05) is 19.1 Å². The number of hydrogen-bond donors (Lipinski definition) is 1. The Morgan fingerprint density at radius 2 is 1.96 bits per heavy atom. The molecule has 0 aliphatic carbocycles. The van der Waals surface area contributed by atoms with Gasteiger partial charge in [0.15, 0.2) is 6.61 Å². The minimum Gasteiger partial charge on any atom is -0.494 e. The first-order chi connectivity index (χ1) is 12.1. The van der Waals surface area contributed by atoms with Gasteiger partial charge in [-0.3, -0.25) is 9.69 Å². The summed E-state index contributed by atoms with van der Waals surface area (Å²) < 4.78 is 16.6. The number of hydrogen-bond acceptors (Lipinski definition) is 5. The normalized spacial score (nSPS) is 18.2. The van der Waals surface area contributed by atoms with E-state index in [0.717, 1.165) is 32.0 Å². The zero-order valence-corrected chi connectivity index (χ0v) is 15.5. The van der Waals surface area contributed by atoms with Gasteiger partial charge in [-0.05, 0) is 37.1 Å². The van der Waals surface area contributed by atoms with Gasteiger partial charge in [0, 0.05) is 26.2 Å². The van der Waals surface area contributed by atoms with Gasteiger partial charge < -0.3 is 19.5 Å². The van der Waals surface area contributed by atoms with Crippen LogP contribution in [0.2, 0.25) is 0 Å². The van der Waals surface area contributed by atoms with Gasteiger partial charge in [-0.1, -0.05) is 13.8 Å². The molecule has 0 aromatic heterocycles. The molecule has 1 aliphatic heterocycles. The number of nitrogens with one attached hydrogen (secondary N) is 1. The molecule has 1 aliphatic rings. The van der Waals surface area contributed by atoms with Gasteiger partial charge in [0.25, 0.3) is 5.91 Å². The molecule has 1 aromatic rings. The van der Waals surface area contributed by atoms with Crippen LogP contribution < -0.4 is 14.8 Å². The molecule has 1 saturated heterocycles. The number of ether oxygens (including phenoxy) is 3. The topological polar surface area (TPSA) is 60.0 Å². The van der Waals surface area contributed by atoms with Gasteiger partial charge >= 0.3 is 0 Å². The summed E-state index contributed by atoms with van der Waals surface area (Å²) in [6.45, 7) is 11.1. The van der Waals surface area contributed by atoms with Crippen molar-refractivity contribution in [1.29, 1.82) is 0 Å². The lowest BCUT2D eigenvalue weighted by molar-refractivity contribution is -0.124. The van der Waals surface area contributed by atoms with Gasteiger partial charge in [0.1, 0.15) is 11.5 Å². The Morgan fingerprint density at radius 1 is 1.28 bits per heavy atom. The van der Waals surface area contributed by atoms with E-state index in [2.05, 4.69) is 24.1 Å². The van der Waals surface area contributed by atoms with Gasteiger partial charge in [-0.15, -0.1) is 0 Å². The van der Waals surface area contributed by atoms with Crippen molar-refractivity contribution < 1.29 is 19.0 Å². The van der Waals surface area contributed by atoms with E-state index >= 15 is 0 Å². The monoisotopic (exact) mass is 350 g/mol. The Bertz CT molecular complexity index is 519. The van der Waals surface area contributed by atoms with E-state index in [-0.39, 0.29) is 18.6 Å². The van der Waals surface area contributed by atoms with Crippen molar-refractivity contribution >= 4 is 5.91 Å². The summed E-state index contributed by atoms with van der Waals surface area (Å²) in [4.78, 5) is 14.3. The quantitative estimate of drug-likeness (QED) is 0.737. The van der Waals surface area contributed by atoms with E-state index in [4.69, 9.17) is 14.2 Å². The van der Waals surface area contributed by atoms with Crippen molar-refractivity contribution in [3.05, 3.63) is 24.3 Å². The third kappa shape index (κ3) is 7.32. The van der Waals surface area contributed by atoms with Crippen LogP contribution in [0.1, 0.15) is 20.8 Å². The van der Waals surface area contributed by atoms with Gasteiger partial charge in [-0.25, -0.2) is 0 Å². The fourth-order valence-electron chi connectivity index (χ4n) is 2.81. The Morgan fingerprint density at radius 3 is 2.60 bits per heavy atom. The summed E-state index contributed by atoms with van der Waals surface area (Å²) in [5, 5.41) is 2.89. The van der Waals surface area contributed by atoms with Gasteiger partial charge in [-0.2, -0.15) is 0 Å². The molecule has 1 N–H and O–H groups in total. The summed E-state index contributed by atoms with van der Waals surface area (Å²) in [5.74, 6) is 1.93. The lowest BCUT2D eigenvalue weighted by Gasteiger charge is -2.33. The Balaban J connectivity index is 1.66. The fraction of sp³-hybridized carbons (Fsp3) is 0.632. The van der Waals surface area contributed by atoms with Crippen LogP contribution in [0.4, 0.5) is 0 Å². The first kappa shape index (κ1) is 19.5. The number of morpholine rings is 1. The van der Waals surface area contributed by atoms with Gasteiger partial charge in [0.2, 0.25) is 0 Å². The number of nitrogens with zero attached hydrogens (tertiary/aromatic N) is 1. The Hall–Kier alpha value is -1.79. The molecule has 1 amide bonds. The van der Waals surface area contributed by atoms with Crippen molar-refractivity contribution in [1.82, 2.24) is 10.2 Å². The number of benzene rings is 1. The molecule has 0 saturated carbocycles. The van der Waals surface area contributed by atoms with Crippen molar-refractivity contribution in [2.24, 2.45) is 5.92 Å². The molecule has 1 aromatic carbocycles. The predicted molar refractivity (Wildman–Crippen MR) is 97.1 cm³/mol. The summed E-state index contributed by atoms with van der Waals surface area (Å²) in [5.41, 5.74) is 0. The molecular formula is C19H30N2O4. The summed E-state index contributed by atoms with van der Waals surface area (Å²) in [6, 6.07) is 7.25. The molecular weight excluding hydrogens is 320 g/mol. The van der Waals surface area contributed by atoms with Crippen molar-refractivity contribution in [2.75, 3.05) is 46.0 Å². The SMILES string of the molecule is CCOc1ccc(OCC(=O)NCC2CN(CC(C)C)CCO2)cc1. The molecule has 6 heteroatoms. The van der Waals surface area contributed by atoms with Crippen LogP contribution in [0.25, 0.3) is 0 Å². The highest BCUT2D eigenvalue weighted by Crippen LogP contribution is 2.17. The van der Waals surface area contributed by atoms with Crippen molar-refractivity contribution in [2.45, 2.75) is 26.9 Å². The molecule has 0 bridgehead atoms. The van der Waals surface area contributed by atoms with Crippen LogP contribution in [-0.2, 0) is 9.53 Å². The standard InChI is InChI=1S/C19H30N2O4/c1-4-23-16-5-7-17(8-6-16)25-14-19(22)20-11-18-13-21(9-10-24-18)12-15(2)3/h5-8,15,18H,4,9-14H2,1-3H3,(H,20,22). The molecule has 1 fully saturated rings. The predicted octanol–water partition coefficient (Wildman–Crippen LogP) is 1.94. The van der Waals surface area contributed by atoms with E-state index < -0.39 is 0 Å². The first-order valence-corrected chi connectivity index (χ1v) is 9.03. The van der Waals surface area contributed by atoms with Crippen LogP contribution >= 0.6 is 0 Å². The number of amides is 1. The smallest absolute Gasteiger partial charge is 0.258 e. The summed E-state index contributed by atoms with van der Waals surface area (Å²) in [6.07, 6.45) is 0.0435. The van der Waals surface area contributed by atoms with Crippen LogP contribution in [0.5, 0.6) is 11.5 Å². The lowest BCUT2D eigenvalue weighted by atomic mass is 10.2. The average molecular weight is 350 g/mol. The maximum atomic E-state index is 12.0. The zero-order valence-electron chi connectivity index (χ0n) is 15.5. The van der Waals surface area contributed by atoms with Gasteiger partial charge in [0.05, 0.1) is 19.3 Å². The molecule has 6 nitrogen and oxygen atoms in total. The van der Waals surface area contributed by atoms with E-state index in [0.29, 0.717) is 24.8 Å². The van der Waals surface area contributed by atoms with E-state index in [9.17, 15) is 4.79 Å². The van der Waals surface area contributed by atoms with E-state index in [1.54, 1.807) is 12.1 Å². The first-order valence-electron chi connectivity index (χ1n) is 9.03. The minimum absolute atomic E-state index is 0.00356. The molecule has 1 unspecified atom stereocenters. The van der Waals surface area contributed by atoms with Crippen LogP contribution in [0.3, 0.4) is 0 Å². The third-order valence-electron chi connectivity index (χ3n) is 3.88. The zero-order chi connectivity index (χ0) is 18.1. The highest BCUT2D eigenvalue weighted by atomic mass is 16.5. The largest absolute Gasteiger partial charge is 0.494 e. The Kier molecular flexibility index (Phi) is 8.01. The minimum atomic E-state index is -0.140. The number of carbonyl (C=O) groups is 1. The van der Waals surface area contributed by atoms with Crippen LogP contribution in [0, 0.1) is 5.92 Å². The van der Waals surface area contributed by atoms with Crippen LogP contribution in [-0.4, -0.2) is 62.9 Å². The summed E-state index contributed by atoms with van der Waals surface area (Å²) in [7, 11) is 0. The molecule has 0 radical (unpaired) electrons. The van der Waals surface area contributed by atoms with E-state index in [1.165, 1.54) is 0 Å². The van der Waals surface area contributed by atoms with Crippen molar-refractivity contribution in [3.63, 3.8) is 0 Å². The summed E-state index contributed by atoms with van der Waals surface area (Å²) >= 11 is 0. The maximum absolute atomic E-state index is 12.0. The third-order valence-corrected chi connectivity index (χ3v) is 3.88. The highest BCUT2D eigenvalue weighted by molar-refractivity contribution is 5.77. The molecule has 0 spiro atoms. The Labute approximate surface area is 150 Å². The molecule has 25 heavy (non-hydrogen) atoms. The lowest BCUT2D eigenvalue weighted by Crippen LogP contribution is -2.48. The number of carbonyl (C=O) groups excluding carboxylic acids is 1. The average Bonchev–Trinajstić information content (AvgIpc) is 2.59. The number of rotatable bonds is 9. The molecule has 1 heterocycles.